The van der Waals surface area contributed by atoms with Crippen LogP contribution in [0.4, 0.5) is 0 Å². The molecular formula is C17H22N4O. The van der Waals surface area contributed by atoms with Crippen LogP contribution in [0.25, 0.3) is 5.69 Å². The minimum Gasteiger partial charge on any atom is -0.339 e. The molecule has 1 aromatic heterocycles. The Labute approximate surface area is 131 Å². The van der Waals surface area contributed by atoms with Crippen LogP contribution >= 0.6 is 0 Å². The van der Waals surface area contributed by atoms with Crippen molar-refractivity contribution in [3.63, 3.8) is 0 Å². The largest absolute Gasteiger partial charge is 0.339 e. The lowest BCUT2D eigenvalue weighted by atomic mass is 10.0. The van der Waals surface area contributed by atoms with E-state index in [0.29, 0.717) is 0 Å². The summed E-state index contributed by atoms with van der Waals surface area (Å²) in [6.07, 6.45) is 7.65. The van der Waals surface area contributed by atoms with Crippen molar-refractivity contribution in [1.29, 1.82) is 0 Å². The predicted octanol–water partition coefficient (Wildman–Crippen LogP) is 2.98. The predicted molar refractivity (Wildman–Crippen MR) is 84.5 cm³/mol. The van der Waals surface area contributed by atoms with E-state index in [-0.39, 0.29) is 17.9 Å². The average Bonchev–Trinajstić information content (AvgIpc) is 3.26. The van der Waals surface area contributed by atoms with Gasteiger partial charge in [-0.3, -0.25) is 4.79 Å². The van der Waals surface area contributed by atoms with Gasteiger partial charge in [-0.15, -0.1) is 0 Å². The molecule has 0 aliphatic heterocycles. The first-order valence-electron chi connectivity index (χ1n) is 7.88. The standard InChI is InChI=1S/C17H22N4O/c1-13(20(2)17(22)15-5-3-4-6-15)14-7-9-16(10-8-14)21-12-18-11-19-21/h7-13,15H,3-6H2,1-2H3/t13-/m1/s1. The summed E-state index contributed by atoms with van der Waals surface area (Å²) >= 11 is 0. The lowest BCUT2D eigenvalue weighted by Gasteiger charge is -2.28. The van der Waals surface area contributed by atoms with Gasteiger partial charge in [0.05, 0.1) is 11.7 Å². The summed E-state index contributed by atoms with van der Waals surface area (Å²) in [4.78, 5) is 18.4. The maximum atomic E-state index is 12.5. The Balaban J connectivity index is 1.71. The number of amides is 1. The molecule has 1 aliphatic carbocycles. The van der Waals surface area contributed by atoms with Crippen molar-refractivity contribution < 1.29 is 4.79 Å². The van der Waals surface area contributed by atoms with E-state index in [1.165, 1.54) is 19.2 Å². The molecule has 0 spiro atoms. The van der Waals surface area contributed by atoms with Crippen molar-refractivity contribution in [2.45, 2.75) is 38.6 Å². The number of hydrogen-bond acceptors (Lipinski definition) is 3. The van der Waals surface area contributed by atoms with Crippen molar-refractivity contribution in [1.82, 2.24) is 19.7 Å². The highest BCUT2D eigenvalue weighted by Gasteiger charge is 2.28. The fraction of sp³-hybridized carbons (Fsp3) is 0.471. The highest BCUT2D eigenvalue weighted by molar-refractivity contribution is 5.79. The second-order valence-electron chi connectivity index (χ2n) is 6.04. The van der Waals surface area contributed by atoms with Crippen molar-refractivity contribution in [2.75, 3.05) is 7.05 Å². The molecule has 1 fully saturated rings. The number of carbonyl (C=O) groups is 1. The van der Waals surface area contributed by atoms with Crippen LogP contribution in [0.2, 0.25) is 0 Å². The number of carbonyl (C=O) groups excluding carboxylic acids is 1. The molecule has 1 aliphatic rings. The van der Waals surface area contributed by atoms with Gasteiger partial charge >= 0.3 is 0 Å². The first kappa shape index (κ1) is 14.8. The third kappa shape index (κ3) is 2.89. The molecule has 1 aromatic carbocycles. The van der Waals surface area contributed by atoms with Gasteiger partial charge < -0.3 is 4.90 Å². The molecule has 116 valence electrons. The van der Waals surface area contributed by atoms with E-state index in [0.717, 1.165) is 24.1 Å². The molecular weight excluding hydrogens is 276 g/mol. The van der Waals surface area contributed by atoms with E-state index in [1.54, 1.807) is 11.0 Å². The fourth-order valence-electron chi connectivity index (χ4n) is 3.12. The molecule has 1 saturated carbocycles. The van der Waals surface area contributed by atoms with E-state index >= 15 is 0 Å². The molecule has 0 saturated heterocycles. The summed E-state index contributed by atoms with van der Waals surface area (Å²) in [5.41, 5.74) is 2.11. The first-order chi connectivity index (χ1) is 10.7. The van der Waals surface area contributed by atoms with E-state index in [2.05, 4.69) is 29.1 Å². The summed E-state index contributed by atoms with van der Waals surface area (Å²) in [5.74, 6) is 0.507. The number of benzene rings is 1. The Hall–Kier alpha value is -2.17. The fourth-order valence-corrected chi connectivity index (χ4v) is 3.12. The van der Waals surface area contributed by atoms with Gasteiger partial charge in [-0.25, -0.2) is 9.67 Å². The second-order valence-corrected chi connectivity index (χ2v) is 6.04. The van der Waals surface area contributed by atoms with Crippen LogP contribution < -0.4 is 0 Å². The number of aromatic nitrogens is 3. The van der Waals surface area contributed by atoms with Crippen LogP contribution in [0.1, 0.15) is 44.2 Å². The van der Waals surface area contributed by atoms with Crippen molar-refractivity contribution in [3.05, 3.63) is 42.5 Å². The van der Waals surface area contributed by atoms with E-state index in [4.69, 9.17) is 0 Å². The number of hydrogen-bond donors (Lipinski definition) is 0. The maximum Gasteiger partial charge on any atom is 0.225 e. The summed E-state index contributed by atoms with van der Waals surface area (Å²) in [7, 11) is 1.91. The average molecular weight is 298 g/mol. The molecule has 0 N–H and O–H groups in total. The molecule has 1 amide bonds. The third-order valence-corrected chi connectivity index (χ3v) is 4.69. The molecule has 3 rings (SSSR count). The quantitative estimate of drug-likeness (QED) is 0.872. The van der Waals surface area contributed by atoms with Crippen LogP contribution in [0.3, 0.4) is 0 Å². The smallest absolute Gasteiger partial charge is 0.225 e. The van der Waals surface area contributed by atoms with Crippen LogP contribution in [0, 0.1) is 5.92 Å². The van der Waals surface area contributed by atoms with Gasteiger partial charge in [0, 0.05) is 13.0 Å². The van der Waals surface area contributed by atoms with Gasteiger partial charge in [0.25, 0.3) is 0 Å². The van der Waals surface area contributed by atoms with Crippen LogP contribution in [0.15, 0.2) is 36.9 Å². The molecule has 0 bridgehead atoms. The molecule has 22 heavy (non-hydrogen) atoms. The minimum atomic E-state index is 0.0814. The van der Waals surface area contributed by atoms with E-state index < -0.39 is 0 Å². The minimum absolute atomic E-state index is 0.0814. The van der Waals surface area contributed by atoms with Gasteiger partial charge in [-0.05, 0) is 37.5 Å². The Morgan fingerprint density at radius 2 is 1.95 bits per heavy atom. The zero-order valence-electron chi connectivity index (χ0n) is 13.1. The zero-order valence-corrected chi connectivity index (χ0v) is 13.1. The van der Waals surface area contributed by atoms with Crippen LogP contribution in [-0.4, -0.2) is 32.6 Å². The third-order valence-electron chi connectivity index (χ3n) is 4.69. The van der Waals surface area contributed by atoms with Crippen LogP contribution in [0.5, 0.6) is 0 Å². The Bertz CT molecular complexity index is 615. The monoisotopic (exact) mass is 298 g/mol. The van der Waals surface area contributed by atoms with Crippen molar-refractivity contribution in [3.8, 4) is 5.69 Å². The molecule has 2 aromatic rings. The molecule has 1 atom stereocenters. The molecule has 1 heterocycles. The van der Waals surface area contributed by atoms with Crippen LogP contribution in [-0.2, 0) is 4.79 Å². The van der Waals surface area contributed by atoms with Gasteiger partial charge in [-0.2, -0.15) is 5.10 Å². The molecule has 0 radical (unpaired) electrons. The van der Waals surface area contributed by atoms with E-state index in [9.17, 15) is 4.79 Å². The van der Waals surface area contributed by atoms with Gasteiger partial charge in [0.1, 0.15) is 12.7 Å². The Morgan fingerprint density at radius 3 is 2.55 bits per heavy atom. The summed E-state index contributed by atoms with van der Waals surface area (Å²) in [5, 5.41) is 4.12. The lowest BCUT2D eigenvalue weighted by Crippen LogP contribution is -2.34. The topological polar surface area (TPSA) is 51.0 Å². The number of rotatable bonds is 4. The Morgan fingerprint density at radius 1 is 1.27 bits per heavy atom. The second kappa shape index (κ2) is 6.30. The van der Waals surface area contributed by atoms with Gasteiger partial charge in [-0.1, -0.05) is 25.0 Å². The highest BCUT2D eigenvalue weighted by atomic mass is 16.2. The molecule has 0 unspecified atom stereocenters. The summed E-state index contributed by atoms with van der Waals surface area (Å²) < 4.78 is 1.72. The normalized spacial score (nSPS) is 16.6. The SMILES string of the molecule is C[C@H](c1ccc(-n2cncn2)cc1)N(C)C(=O)C1CCCC1. The Kier molecular flexibility index (Phi) is 4.22. The van der Waals surface area contributed by atoms with Gasteiger partial charge in [0.15, 0.2) is 0 Å². The highest BCUT2D eigenvalue weighted by Crippen LogP contribution is 2.29. The zero-order chi connectivity index (χ0) is 15.5. The molecule has 5 heteroatoms. The maximum absolute atomic E-state index is 12.5. The molecule has 5 nitrogen and oxygen atoms in total. The van der Waals surface area contributed by atoms with Crippen molar-refractivity contribution >= 4 is 5.91 Å². The summed E-state index contributed by atoms with van der Waals surface area (Å²) in [6.45, 7) is 2.08. The number of nitrogens with zero attached hydrogens (tertiary/aromatic N) is 4. The van der Waals surface area contributed by atoms with Gasteiger partial charge in [0.2, 0.25) is 5.91 Å². The lowest BCUT2D eigenvalue weighted by molar-refractivity contribution is -0.135. The van der Waals surface area contributed by atoms with Crippen molar-refractivity contribution in [2.24, 2.45) is 5.92 Å². The summed E-state index contributed by atoms with van der Waals surface area (Å²) in [6, 6.07) is 8.21. The first-order valence-corrected chi connectivity index (χ1v) is 7.88. The van der Waals surface area contributed by atoms with E-state index in [1.807, 2.05) is 24.1 Å².